The molecule has 0 bridgehead atoms. The minimum absolute atomic E-state index is 0.152. The van der Waals surface area contributed by atoms with E-state index in [2.05, 4.69) is 6.07 Å². The molecule has 0 saturated heterocycles. The lowest BCUT2D eigenvalue weighted by Crippen LogP contribution is -2.42. The van der Waals surface area contributed by atoms with Gasteiger partial charge in [-0.05, 0) is 12.0 Å². The number of hydrogen-bond donors (Lipinski definition) is 1. The first-order chi connectivity index (χ1) is 8.34. The van der Waals surface area contributed by atoms with Crippen LogP contribution >= 0.6 is 11.3 Å². The zero-order chi connectivity index (χ0) is 13.5. The van der Waals surface area contributed by atoms with Gasteiger partial charge in [0.25, 0.3) is 0 Å². The summed E-state index contributed by atoms with van der Waals surface area (Å²) in [5, 5.41) is 9.64. The van der Waals surface area contributed by atoms with Gasteiger partial charge in [-0.3, -0.25) is 4.79 Å². The molecular weight excluding hydrogens is 246 g/mol. The van der Waals surface area contributed by atoms with Crippen LogP contribution in [0, 0.1) is 16.7 Å². The van der Waals surface area contributed by atoms with E-state index >= 15 is 0 Å². The molecule has 1 aromatic rings. The predicted molar refractivity (Wildman–Crippen MR) is 72.0 cm³/mol. The molecule has 96 valence electrons. The maximum absolute atomic E-state index is 12.2. The first kappa shape index (κ1) is 12.9. The summed E-state index contributed by atoms with van der Waals surface area (Å²) in [6, 6.07) is 2.16. The monoisotopic (exact) mass is 263 g/mol. The van der Waals surface area contributed by atoms with E-state index in [9.17, 15) is 4.79 Å². The Morgan fingerprint density at radius 3 is 2.72 bits per heavy atom. The van der Waals surface area contributed by atoms with Gasteiger partial charge in [0.15, 0.2) is 0 Å². The number of carbonyl (C=O) groups is 1. The SMILES string of the molecule is CC(C)(C)C(=O)N1CCc2c(sc(N)c2C#N)C1. The highest BCUT2D eigenvalue weighted by atomic mass is 32.1. The molecule has 1 amide bonds. The van der Waals surface area contributed by atoms with Gasteiger partial charge >= 0.3 is 0 Å². The van der Waals surface area contributed by atoms with Crippen LogP contribution in [0.15, 0.2) is 0 Å². The molecule has 0 saturated carbocycles. The van der Waals surface area contributed by atoms with Crippen molar-refractivity contribution in [2.75, 3.05) is 12.3 Å². The lowest BCUT2D eigenvalue weighted by atomic mass is 9.93. The lowest BCUT2D eigenvalue weighted by Gasteiger charge is -2.32. The van der Waals surface area contributed by atoms with Crippen LogP contribution in [0.1, 0.15) is 36.8 Å². The fourth-order valence-corrected chi connectivity index (χ4v) is 3.28. The van der Waals surface area contributed by atoms with Crippen molar-refractivity contribution in [3.05, 3.63) is 16.0 Å². The first-order valence-corrected chi connectivity index (χ1v) is 6.75. The molecular formula is C13H17N3OS. The molecule has 1 aliphatic rings. The molecule has 0 fully saturated rings. The second-order valence-corrected chi connectivity index (χ2v) is 6.72. The maximum atomic E-state index is 12.2. The minimum atomic E-state index is -0.363. The summed E-state index contributed by atoms with van der Waals surface area (Å²) in [5.74, 6) is 0.152. The van der Waals surface area contributed by atoms with E-state index in [1.165, 1.54) is 11.3 Å². The second kappa shape index (κ2) is 4.29. The molecule has 2 N–H and O–H groups in total. The zero-order valence-electron chi connectivity index (χ0n) is 10.9. The average molecular weight is 263 g/mol. The van der Waals surface area contributed by atoms with E-state index < -0.39 is 0 Å². The minimum Gasteiger partial charge on any atom is -0.389 e. The van der Waals surface area contributed by atoms with Gasteiger partial charge in [-0.25, -0.2) is 0 Å². The Morgan fingerprint density at radius 2 is 2.17 bits per heavy atom. The topological polar surface area (TPSA) is 70.1 Å². The number of amides is 1. The van der Waals surface area contributed by atoms with Crippen molar-refractivity contribution >= 4 is 22.2 Å². The van der Waals surface area contributed by atoms with Gasteiger partial charge in [0.05, 0.1) is 12.1 Å². The van der Waals surface area contributed by atoms with Crippen LogP contribution in [0.3, 0.4) is 0 Å². The fraction of sp³-hybridized carbons (Fsp3) is 0.538. The molecule has 0 atom stereocenters. The Morgan fingerprint density at radius 1 is 1.50 bits per heavy atom. The highest BCUT2D eigenvalue weighted by molar-refractivity contribution is 7.16. The van der Waals surface area contributed by atoms with Gasteiger partial charge in [0, 0.05) is 16.8 Å². The molecule has 1 aromatic heterocycles. The normalized spacial score (nSPS) is 15.1. The van der Waals surface area contributed by atoms with E-state index in [1.807, 2.05) is 25.7 Å². The molecule has 0 unspecified atom stereocenters. The fourth-order valence-electron chi connectivity index (χ4n) is 2.20. The number of anilines is 1. The first-order valence-electron chi connectivity index (χ1n) is 5.94. The number of thiophene rings is 1. The van der Waals surface area contributed by atoms with Crippen molar-refractivity contribution in [1.82, 2.24) is 4.90 Å². The van der Waals surface area contributed by atoms with Gasteiger partial charge in [-0.1, -0.05) is 20.8 Å². The van der Waals surface area contributed by atoms with Gasteiger partial charge in [-0.2, -0.15) is 5.26 Å². The number of nitrogens with zero attached hydrogens (tertiary/aromatic N) is 2. The molecule has 2 heterocycles. The number of fused-ring (bicyclic) bond motifs is 1. The molecule has 0 spiro atoms. The number of carbonyl (C=O) groups excluding carboxylic acids is 1. The summed E-state index contributed by atoms with van der Waals surface area (Å²) < 4.78 is 0. The Balaban J connectivity index is 2.27. The molecule has 5 heteroatoms. The molecule has 18 heavy (non-hydrogen) atoms. The van der Waals surface area contributed by atoms with Crippen molar-refractivity contribution in [3.63, 3.8) is 0 Å². The van der Waals surface area contributed by atoms with Gasteiger partial charge < -0.3 is 10.6 Å². The van der Waals surface area contributed by atoms with Crippen LogP contribution in [0.25, 0.3) is 0 Å². The van der Waals surface area contributed by atoms with E-state index in [0.717, 1.165) is 16.9 Å². The van der Waals surface area contributed by atoms with E-state index in [1.54, 1.807) is 0 Å². The summed E-state index contributed by atoms with van der Waals surface area (Å²) in [4.78, 5) is 15.1. The van der Waals surface area contributed by atoms with Crippen molar-refractivity contribution in [1.29, 1.82) is 5.26 Å². The lowest BCUT2D eigenvalue weighted by molar-refractivity contribution is -0.140. The molecule has 0 aromatic carbocycles. The Bertz CT molecular complexity index is 534. The number of nitrogens with two attached hydrogens (primary N) is 1. The number of rotatable bonds is 0. The summed E-state index contributed by atoms with van der Waals surface area (Å²) in [7, 11) is 0. The molecule has 1 aliphatic heterocycles. The number of hydrogen-bond acceptors (Lipinski definition) is 4. The summed E-state index contributed by atoms with van der Waals surface area (Å²) in [6.07, 6.45) is 0.730. The molecule has 4 nitrogen and oxygen atoms in total. The smallest absolute Gasteiger partial charge is 0.228 e. The highest BCUT2D eigenvalue weighted by Gasteiger charge is 2.31. The Hall–Kier alpha value is -1.54. The number of nitrogen functional groups attached to an aromatic ring is 1. The quantitative estimate of drug-likeness (QED) is 0.779. The van der Waals surface area contributed by atoms with Crippen molar-refractivity contribution in [2.24, 2.45) is 5.41 Å². The highest BCUT2D eigenvalue weighted by Crippen LogP contribution is 2.35. The van der Waals surface area contributed by atoms with Crippen molar-refractivity contribution in [3.8, 4) is 6.07 Å². The summed E-state index contributed by atoms with van der Waals surface area (Å²) >= 11 is 1.43. The third-order valence-electron chi connectivity index (χ3n) is 3.12. The average Bonchev–Trinajstić information content (AvgIpc) is 2.60. The number of nitriles is 1. The van der Waals surface area contributed by atoms with Gasteiger partial charge in [0.1, 0.15) is 11.1 Å². The molecule has 0 radical (unpaired) electrons. The zero-order valence-corrected chi connectivity index (χ0v) is 11.7. The van der Waals surface area contributed by atoms with Crippen molar-refractivity contribution in [2.45, 2.75) is 33.7 Å². The van der Waals surface area contributed by atoms with Crippen LogP contribution in [0.5, 0.6) is 0 Å². The van der Waals surface area contributed by atoms with E-state index in [4.69, 9.17) is 11.0 Å². The Kier molecular flexibility index (Phi) is 3.07. The van der Waals surface area contributed by atoms with Crippen LogP contribution in [-0.4, -0.2) is 17.4 Å². The largest absolute Gasteiger partial charge is 0.389 e. The van der Waals surface area contributed by atoms with Crippen LogP contribution in [-0.2, 0) is 17.8 Å². The maximum Gasteiger partial charge on any atom is 0.228 e. The van der Waals surface area contributed by atoms with Crippen LogP contribution < -0.4 is 5.73 Å². The summed E-state index contributed by atoms with van der Waals surface area (Å²) in [6.45, 7) is 7.03. The predicted octanol–water partition coefficient (Wildman–Crippen LogP) is 2.13. The molecule has 0 aliphatic carbocycles. The summed E-state index contributed by atoms with van der Waals surface area (Å²) in [5.41, 5.74) is 7.12. The standard InChI is InChI=1S/C13H17N3OS/c1-13(2,3)12(17)16-5-4-8-9(6-14)11(15)18-10(8)7-16/h4-5,7,15H2,1-3H3. The van der Waals surface area contributed by atoms with Crippen molar-refractivity contribution < 1.29 is 4.79 Å². The van der Waals surface area contributed by atoms with Gasteiger partial charge in [-0.15, -0.1) is 11.3 Å². The third-order valence-corrected chi connectivity index (χ3v) is 4.17. The van der Waals surface area contributed by atoms with Gasteiger partial charge in [0.2, 0.25) is 5.91 Å². The molecule has 2 rings (SSSR count). The van der Waals surface area contributed by atoms with E-state index in [-0.39, 0.29) is 11.3 Å². The second-order valence-electron chi connectivity index (χ2n) is 5.58. The third kappa shape index (κ3) is 2.08. The van der Waals surface area contributed by atoms with E-state index in [0.29, 0.717) is 23.7 Å². The van der Waals surface area contributed by atoms with Crippen LogP contribution in [0.4, 0.5) is 5.00 Å². The van der Waals surface area contributed by atoms with Crippen LogP contribution in [0.2, 0.25) is 0 Å². The Labute approximate surface area is 111 Å².